The zero-order valence-corrected chi connectivity index (χ0v) is 12.9. The molecule has 0 saturated carbocycles. The van der Waals surface area contributed by atoms with E-state index in [0.717, 1.165) is 19.5 Å². The lowest BCUT2D eigenvalue weighted by molar-refractivity contribution is -0.131. The quantitative estimate of drug-likeness (QED) is 0.765. The van der Waals surface area contributed by atoms with Crippen LogP contribution >= 0.6 is 12.4 Å². The highest BCUT2D eigenvalue weighted by Gasteiger charge is 2.22. The van der Waals surface area contributed by atoms with Crippen molar-refractivity contribution in [1.82, 2.24) is 15.5 Å². The number of hydrogen-bond donors (Lipinski definition) is 2. The number of amides is 2. The van der Waals surface area contributed by atoms with E-state index in [0.29, 0.717) is 25.3 Å². The zero-order valence-electron chi connectivity index (χ0n) is 12.1. The Morgan fingerprint density at radius 3 is 2.58 bits per heavy atom. The van der Waals surface area contributed by atoms with Crippen molar-refractivity contribution in [3.8, 4) is 0 Å². The van der Waals surface area contributed by atoms with Crippen LogP contribution in [0.15, 0.2) is 0 Å². The average molecular weight is 292 g/mol. The summed E-state index contributed by atoms with van der Waals surface area (Å²) in [6, 6.07) is 0.488. The summed E-state index contributed by atoms with van der Waals surface area (Å²) in [5.74, 6) is 0.170. The molecular formula is C13H26ClN3O2. The first-order valence-corrected chi connectivity index (χ1v) is 6.76. The maximum absolute atomic E-state index is 11.9. The highest BCUT2D eigenvalue weighted by atomic mass is 35.5. The van der Waals surface area contributed by atoms with Crippen LogP contribution in [0.25, 0.3) is 0 Å². The lowest BCUT2D eigenvalue weighted by atomic mass is 10.1. The number of likely N-dealkylation sites (N-methyl/N-ethyl adjacent to an activating group) is 1. The van der Waals surface area contributed by atoms with E-state index >= 15 is 0 Å². The van der Waals surface area contributed by atoms with Crippen molar-refractivity contribution in [1.29, 1.82) is 0 Å². The highest BCUT2D eigenvalue weighted by Crippen LogP contribution is 2.09. The van der Waals surface area contributed by atoms with E-state index in [1.54, 1.807) is 0 Å². The second-order valence-corrected chi connectivity index (χ2v) is 5.23. The Bertz CT molecular complexity index is 292. The van der Waals surface area contributed by atoms with Crippen molar-refractivity contribution in [2.24, 2.45) is 0 Å². The van der Waals surface area contributed by atoms with Crippen LogP contribution in [-0.4, -0.2) is 48.9 Å². The minimum Gasteiger partial charge on any atom is -0.354 e. The summed E-state index contributed by atoms with van der Waals surface area (Å²) < 4.78 is 0. The fourth-order valence-electron chi connectivity index (χ4n) is 2.14. The molecule has 6 heteroatoms. The molecule has 0 aliphatic carbocycles. The van der Waals surface area contributed by atoms with E-state index in [1.807, 2.05) is 25.8 Å². The molecule has 1 saturated heterocycles. The van der Waals surface area contributed by atoms with Gasteiger partial charge in [-0.3, -0.25) is 9.59 Å². The Hall–Kier alpha value is -0.810. The smallest absolute Gasteiger partial charge is 0.222 e. The third-order valence-electron chi connectivity index (χ3n) is 3.22. The van der Waals surface area contributed by atoms with Crippen LogP contribution in [0, 0.1) is 0 Å². The molecule has 1 fully saturated rings. The fraction of sp³-hybridized carbons (Fsp3) is 0.846. The molecule has 1 rings (SSSR count). The molecule has 2 amide bonds. The van der Waals surface area contributed by atoms with E-state index < -0.39 is 0 Å². The summed E-state index contributed by atoms with van der Waals surface area (Å²) in [4.78, 5) is 25.1. The second-order valence-electron chi connectivity index (χ2n) is 5.23. The molecule has 19 heavy (non-hydrogen) atoms. The van der Waals surface area contributed by atoms with Crippen LogP contribution in [0.4, 0.5) is 0 Å². The number of carbonyl (C=O) groups is 2. The van der Waals surface area contributed by atoms with E-state index in [-0.39, 0.29) is 30.3 Å². The lowest BCUT2D eigenvalue weighted by Crippen LogP contribution is -2.38. The van der Waals surface area contributed by atoms with E-state index in [4.69, 9.17) is 0 Å². The molecule has 1 unspecified atom stereocenters. The highest BCUT2D eigenvalue weighted by molar-refractivity contribution is 5.85. The summed E-state index contributed by atoms with van der Waals surface area (Å²) in [5, 5.41) is 6.07. The van der Waals surface area contributed by atoms with Crippen molar-refractivity contribution in [3.05, 3.63) is 0 Å². The van der Waals surface area contributed by atoms with Gasteiger partial charge in [0.15, 0.2) is 0 Å². The monoisotopic (exact) mass is 291 g/mol. The molecule has 1 heterocycles. The molecule has 1 atom stereocenters. The first-order valence-electron chi connectivity index (χ1n) is 6.76. The maximum Gasteiger partial charge on any atom is 0.222 e. The molecule has 112 valence electrons. The van der Waals surface area contributed by atoms with Crippen LogP contribution in [0.3, 0.4) is 0 Å². The number of hydrogen-bond acceptors (Lipinski definition) is 3. The predicted octanol–water partition coefficient (Wildman–Crippen LogP) is 0.923. The molecule has 1 aliphatic rings. The lowest BCUT2D eigenvalue weighted by Gasteiger charge is -2.23. The van der Waals surface area contributed by atoms with E-state index in [9.17, 15) is 9.59 Å². The molecule has 0 bridgehead atoms. The van der Waals surface area contributed by atoms with Crippen LogP contribution in [0.1, 0.15) is 39.5 Å². The van der Waals surface area contributed by atoms with Gasteiger partial charge >= 0.3 is 0 Å². The van der Waals surface area contributed by atoms with Crippen LogP contribution in [0.2, 0.25) is 0 Å². The largest absolute Gasteiger partial charge is 0.354 e. The first-order chi connectivity index (χ1) is 8.50. The standard InChI is InChI=1S/C13H25N3O2.ClH/c1-10(2)15-12(17)5-4-6-13(18)16(3)11-7-8-14-9-11;/h10-11,14H,4-9H2,1-3H3,(H,15,17);1H. The molecule has 1 aliphatic heterocycles. The number of nitrogens with one attached hydrogen (secondary N) is 2. The average Bonchev–Trinajstić information content (AvgIpc) is 2.80. The Balaban J connectivity index is 0.00000324. The summed E-state index contributed by atoms with van der Waals surface area (Å²) >= 11 is 0. The van der Waals surface area contributed by atoms with Gasteiger partial charge in [0, 0.05) is 38.5 Å². The summed E-state index contributed by atoms with van der Waals surface area (Å²) in [6.07, 6.45) is 2.54. The predicted molar refractivity (Wildman–Crippen MR) is 78.4 cm³/mol. The third kappa shape index (κ3) is 6.78. The van der Waals surface area contributed by atoms with Crippen LogP contribution < -0.4 is 10.6 Å². The van der Waals surface area contributed by atoms with Crippen molar-refractivity contribution < 1.29 is 9.59 Å². The Kier molecular flexibility index (Phi) is 8.76. The fourth-order valence-corrected chi connectivity index (χ4v) is 2.14. The Morgan fingerprint density at radius 1 is 1.37 bits per heavy atom. The summed E-state index contributed by atoms with van der Waals surface area (Å²) in [7, 11) is 1.86. The van der Waals surface area contributed by atoms with Crippen LogP contribution in [0.5, 0.6) is 0 Å². The molecule has 5 nitrogen and oxygen atoms in total. The topological polar surface area (TPSA) is 61.4 Å². The second kappa shape index (κ2) is 9.15. The summed E-state index contributed by atoms with van der Waals surface area (Å²) in [6.45, 7) is 5.74. The van der Waals surface area contributed by atoms with Crippen LogP contribution in [-0.2, 0) is 9.59 Å². The van der Waals surface area contributed by atoms with Gasteiger partial charge in [0.25, 0.3) is 0 Å². The van der Waals surface area contributed by atoms with Crippen molar-refractivity contribution in [2.75, 3.05) is 20.1 Å². The number of halogens is 1. The van der Waals surface area contributed by atoms with Gasteiger partial charge in [-0.15, -0.1) is 12.4 Å². The Labute approximate surface area is 121 Å². The zero-order chi connectivity index (χ0) is 13.5. The van der Waals surface area contributed by atoms with Gasteiger partial charge in [0.2, 0.25) is 11.8 Å². The van der Waals surface area contributed by atoms with Crippen molar-refractivity contribution in [2.45, 2.75) is 51.6 Å². The molecule has 0 spiro atoms. The molecule has 0 aromatic rings. The first kappa shape index (κ1) is 18.2. The molecule has 0 aromatic heterocycles. The molecule has 0 radical (unpaired) electrons. The van der Waals surface area contributed by atoms with Crippen molar-refractivity contribution >= 4 is 24.2 Å². The van der Waals surface area contributed by atoms with Gasteiger partial charge in [-0.05, 0) is 33.2 Å². The molecular weight excluding hydrogens is 266 g/mol. The van der Waals surface area contributed by atoms with Gasteiger partial charge in [0.05, 0.1) is 0 Å². The van der Waals surface area contributed by atoms with Gasteiger partial charge < -0.3 is 15.5 Å². The van der Waals surface area contributed by atoms with Gasteiger partial charge in [-0.1, -0.05) is 0 Å². The SMILES string of the molecule is CC(C)NC(=O)CCCC(=O)N(C)C1CCNC1.Cl. The molecule has 0 aromatic carbocycles. The minimum atomic E-state index is 0. The van der Waals surface area contributed by atoms with E-state index in [1.165, 1.54) is 0 Å². The van der Waals surface area contributed by atoms with Crippen molar-refractivity contribution in [3.63, 3.8) is 0 Å². The maximum atomic E-state index is 11.9. The third-order valence-corrected chi connectivity index (χ3v) is 3.22. The number of nitrogens with zero attached hydrogens (tertiary/aromatic N) is 1. The number of carbonyl (C=O) groups excluding carboxylic acids is 2. The van der Waals surface area contributed by atoms with E-state index in [2.05, 4.69) is 10.6 Å². The molecule has 2 N–H and O–H groups in total. The minimum absolute atomic E-state index is 0. The summed E-state index contributed by atoms with van der Waals surface area (Å²) in [5.41, 5.74) is 0. The number of rotatable bonds is 6. The Morgan fingerprint density at radius 2 is 2.05 bits per heavy atom. The van der Waals surface area contributed by atoms with Gasteiger partial charge in [-0.2, -0.15) is 0 Å². The van der Waals surface area contributed by atoms with Gasteiger partial charge in [-0.25, -0.2) is 0 Å². The van der Waals surface area contributed by atoms with Gasteiger partial charge in [0.1, 0.15) is 0 Å². The normalized spacial score (nSPS) is 18.0.